The summed E-state index contributed by atoms with van der Waals surface area (Å²) in [4.78, 5) is 31.0. The van der Waals surface area contributed by atoms with Gasteiger partial charge in [0.05, 0.1) is 28.5 Å². The van der Waals surface area contributed by atoms with Gasteiger partial charge in [0, 0.05) is 0 Å². The lowest BCUT2D eigenvalue weighted by Crippen LogP contribution is -2.39. The topological polar surface area (TPSA) is 69.9 Å². The molecule has 0 radical (unpaired) electrons. The number of benzene rings is 2. The van der Waals surface area contributed by atoms with E-state index in [1.165, 1.54) is 41.0 Å². The summed E-state index contributed by atoms with van der Waals surface area (Å²) in [6.07, 6.45) is 1.60. The van der Waals surface area contributed by atoms with Crippen molar-refractivity contribution in [2.24, 2.45) is 4.99 Å². The van der Waals surface area contributed by atoms with Crippen molar-refractivity contribution in [1.82, 2.24) is 4.57 Å². The van der Waals surface area contributed by atoms with Crippen LogP contribution in [0.1, 0.15) is 31.0 Å². The van der Waals surface area contributed by atoms with Crippen molar-refractivity contribution >= 4 is 23.4 Å². The van der Waals surface area contributed by atoms with Gasteiger partial charge in [-0.05, 0) is 55.3 Å². The maximum absolute atomic E-state index is 13.6. The van der Waals surface area contributed by atoms with Gasteiger partial charge in [0.25, 0.3) is 5.56 Å². The highest BCUT2D eigenvalue weighted by Crippen LogP contribution is 2.30. The molecular weight excluding hydrogens is 469 g/mol. The summed E-state index contributed by atoms with van der Waals surface area (Å²) in [5.41, 5.74) is 1.31. The molecule has 10 heteroatoms. The molecule has 0 saturated carbocycles. The van der Waals surface area contributed by atoms with E-state index in [-0.39, 0.29) is 17.9 Å². The zero-order chi connectivity index (χ0) is 24.4. The summed E-state index contributed by atoms with van der Waals surface area (Å²) in [5.74, 6) is -1.06. The maximum atomic E-state index is 13.6. The van der Waals surface area contributed by atoms with E-state index in [0.29, 0.717) is 26.2 Å². The molecule has 0 bridgehead atoms. The molecule has 0 spiro atoms. The molecule has 1 unspecified atom stereocenters. The molecule has 0 N–H and O–H groups in total. The fourth-order valence-electron chi connectivity index (χ4n) is 3.65. The average Bonchev–Trinajstić information content (AvgIpc) is 3.09. The summed E-state index contributed by atoms with van der Waals surface area (Å²) in [5, 5.41) is 0. The third-order valence-electron chi connectivity index (χ3n) is 5.11. The molecule has 176 valence electrons. The van der Waals surface area contributed by atoms with Crippen LogP contribution in [0.2, 0.25) is 0 Å². The van der Waals surface area contributed by atoms with Gasteiger partial charge >= 0.3 is 12.6 Å². The molecule has 2 heterocycles. The van der Waals surface area contributed by atoms with Crippen LogP contribution < -0.4 is 19.6 Å². The molecule has 1 atom stereocenters. The van der Waals surface area contributed by atoms with Gasteiger partial charge in [-0.3, -0.25) is 9.36 Å². The average molecular weight is 488 g/mol. The Labute approximate surface area is 195 Å². The summed E-state index contributed by atoms with van der Waals surface area (Å²) in [6.45, 7) is 0.536. The largest absolute Gasteiger partial charge is 0.463 e. The number of hydrogen-bond donors (Lipinski definition) is 0. The summed E-state index contributed by atoms with van der Waals surface area (Å²) >= 11 is 1.12. The minimum absolute atomic E-state index is 0.000349. The van der Waals surface area contributed by atoms with Crippen molar-refractivity contribution < 1.29 is 27.4 Å². The smallest absolute Gasteiger partial charge is 0.387 e. The number of carbonyl (C=O) groups is 1. The molecule has 0 saturated heterocycles. The first-order valence-corrected chi connectivity index (χ1v) is 11.1. The van der Waals surface area contributed by atoms with E-state index in [1.54, 1.807) is 32.1 Å². The van der Waals surface area contributed by atoms with E-state index in [0.717, 1.165) is 11.3 Å². The van der Waals surface area contributed by atoms with Crippen LogP contribution in [0.15, 0.2) is 69.6 Å². The highest BCUT2D eigenvalue weighted by Gasteiger charge is 2.33. The predicted octanol–water partition coefficient (Wildman–Crippen LogP) is 3.54. The lowest BCUT2D eigenvalue weighted by Gasteiger charge is -2.24. The molecule has 0 fully saturated rings. The van der Waals surface area contributed by atoms with E-state index in [1.807, 2.05) is 0 Å². The molecular formula is C24H19F3N2O4S. The number of carbonyl (C=O) groups excluding carboxylic acids is 1. The SMILES string of the molecule is CCOC(=O)C1=C(C)N=c2s/c(=C\c3ccc(OC(F)F)cc3)c(=O)n2C1c1ccc(F)cc1. The number of esters is 1. The lowest BCUT2D eigenvalue weighted by atomic mass is 9.96. The number of hydrogen-bond acceptors (Lipinski definition) is 6. The van der Waals surface area contributed by atoms with Crippen molar-refractivity contribution in [2.45, 2.75) is 26.5 Å². The van der Waals surface area contributed by atoms with Gasteiger partial charge in [0.2, 0.25) is 0 Å². The van der Waals surface area contributed by atoms with Gasteiger partial charge in [0.15, 0.2) is 4.80 Å². The number of aromatic nitrogens is 1. The molecule has 1 aliphatic rings. The quantitative estimate of drug-likeness (QED) is 0.498. The number of thiazole rings is 1. The van der Waals surface area contributed by atoms with Crippen molar-refractivity contribution in [3.05, 3.63) is 96.4 Å². The highest BCUT2D eigenvalue weighted by molar-refractivity contribution is 7.07. The second-order valence-corrected chi connectivity index (χ2v) is 8.31. The minimum atomic E-state index is -2.93. The number of halogens is 3. The Bertz CT molecular complexity index is 1420. The minimum Gasteiger partial charge on any atom is -0.463 e. The van der Waals surface area contributed by atoms with E-state index in [2.05, 4.69) is 9.73 Å². The molecule has 6 nitrogen and oxygen atoms in total. The van der Waals surface area contributed by atoms with E-state index < -0.39 is 30.0 Å². The summed E-state index contributed by atoms with van der Waals surface area (Å²) in [7, 11) is 0. The monoisotopic (exact) mass is 488 g/mol. The molecule has 0 amide bonds. The Morgan fingerprint density at radius 1 is 1.18 bits per heavy atom. The van der Waals surface area contributed by atoms with Gasteiger partial charge in [-0.1, -0.05) is 35.6 Å². The van der Waals surface area contributed by atoms with Crippen LogP contribution in [-0.2, 0) is 9.53 Å². The van der Waals surface area contributed by atoms with E-state index >= 15 is 0 Å². The van der Waals surface area contributed by atoms with Crippen LogP contribution in [0.25, 0.3) is 6.08 Å². The van der Waals surface area contributed by atoms with Crippen molar-refractivity contribution in [3.8, 4) is 5.75 Å². The zero-order valence-electron chi connectivity index (χ0n) is 18.1. The van der Waals surface area contributed by atoms with Crippen LogP contribution in [-0.4, -0.2) is 23.8 Å². The number of fused-ring (bicyclic) bond motifs is 1. The number of alkyl halides is 2. The molecule has 0 aliphatic carbocycles. The standard InChI is InChI=1S/C24H19F3N2O4S/c1-3-32-22(31)19-13(2)28-24-29(20(19)15-6-8-16(25)9-7-15)21(30)18(34-24)12-14-4-10-17(11-5-14)33-23(26)27/h4-12,20,23H,3H2,1-2H3/b18-12-. The molecule has 1 aliphatic heterocycles. The fourth-order valence-corrected chi connectivity index (χ4v) is 4.70. The normalized spacial score (nSPS) is 15.8. The third-order valence-corrected chi connectivity index (χ3v) is 6.09. The Kier molecular flexibility index (Phi) is 6.69. The Balaban J connectivity index is 1.85. The fraction of sp³-hybridized carbons (Fsp3) is 0.208. The van der Waals surface area contributed by atoms with Gasteiger partial charge in [-0.25, -0.2) is 14.2 Å². The molecule has 34 heavy (non-hydrogen) atoms. The van der Waals surface area contributed by atoms with Crippen molar-refractivity contribution in [1.29, 1.82) is 0 Å². The second-order valence-electron chi connectivity index (χ2n) is 7.30. The first kappa shape index (κ1) is 23.5. The second kappa shape index (κ2) is 9.68. The highest BCUT2D eigenvalue weighted by atomic mass is 32.1. The Morgan fingerprint density at radius 2 is 1.85 bits per heavy atom. The number of rotatable bonds is 6. The maximum Gasteiger partial charge on any atom is 0.387 e. The van der Waals surface area contributed by atoms with Gasteiger partial charge in [-0.2, -0.15) is 8.78 Å². The lowest BCUT2D eigenvalue weighted by molar-refractivity contribution is -0.139. The number of nitrogens with zero attached hydrogens (tertiary/aromatic N) is 2. The zero-order valence-corrected chi connectivity index (χ0v) is 18.9. The van der Waals surface area contributed by atoms with E-state index in [4.69, 9.17) is 4.74 Å². The van der Waals surface area contributed by atoms with Crippen LogP contribution >= 0.6 is 11.3 Å². The first-order valence-electron chi connectivity index (χ1n) is 10.3. The van der Waals surface area contributed by atoms with E-state index in [9.17, 15) is 22.8 Å². The third kappa shape index (κ3) is 4.67. The number of ether oxygens (including phenoxy) is 2. The van der Waals surface area contributed by atoms with Crippen LogP contribution in [0.4, 0.5) is 13.2 Å². The first-order chi connectivity index (χ1) is 16.3. The molecule has 2 aromatic carbocycles. The molecule has 4 rings (SSSR count). The van der Waals surface area contributed by atoms with Crippen molar-refractivity contribution in [3.63, 3.8) is 0 Å². The molecule has 1 aromatic heterocycles. The van der Waals surface area contributed by atoms with Gasteiger partial charge < -0.3 is 9.47 Å². The molecule has 3 aromatic rings. The summed E-state index contributed by atoms with van der Waals surface area (Å²) in [6, 6.07) is 10.5. The number of allylic oxidation sites excluding steroid dienone is 1. The van der Waals surface area contributed by atoms with Gasteiger partial charge in [-0.15, -0.1) is 0 Å². The van der Waals surface area contributed by atoms with Crippen LogP contribution in [0.3, 0.4) is 0 Å². The van der Waals surface area contributed by atoms with Crippen molar-refractivity contribution in [2.75, 3.05) is 6.61 Å². The van der Waals surface area contributed by atoms with Crippen LogP contribution in [0.5, 0.6) is 5.75 Å². The summed E-state index contributed by atoms with van der Waals surface area (Å²) < 4.78 is 49.6. The predicted molar refractivity (Wildman–Crippen MR) is 120 cm³/mol. The Morgan fingerprint density at radius 3 is 2.47 bits per heavy atom. The van der Waals surface area contributed by atoms with Crippen LogP contribution in [0, 0.1) is 5.82 Å². The Hall–Kier alpha value is -3.66. The van der Waals surface area contributed by atoms with Gasteiger partial charge in [0.1, 0.15) is 11.6 Å².